The molecule has 1 aromatic rings. The highest BCUT2D eigenvalue weighted by Crippen LogP contribution is 2.32. The second-order valence-corrected chi connectivity index (χ2v) is 5.20. The van der Waals surface area contributed by atoms with Gasteiger partial charge in [-0.2, -0.15) is 0 Å². The summed E-state index contributed by atoms with van der Waals surface area (Å²) in [6, 6.07) is 6.77. The van der Waals surface area contributed by atoms with Gasteiger partial charge < -0.3 is 9.84 Å². The third-order valence-electron chi connectivity index (χ3n) is 3.85. The van der Waals surface area contributed by atoms with Gasteiger partial charge in [-0.3, -0.25) is 9.69 Å². The lowest BCUT2D eigenvalue weighted by Gasteiger charge is -2.35. The SMILES string of the molecule is COc1ccccc1C(C(=O)O)N1CCC(C)CC1. The number of benzene rings is 1. The molecule has 1 N–H and O–H groups in total. The predicted octanol–water partition coefficient (Wildman–Crippen LogP) is 2.55. The lowest BCUT2D eigenvalue weighted by molar-refractivity contribution is -0.144. The molecule has 4 nitrogen and oxygen atoms in total. The van der Waals surface area contributed by atoms with E-state index in [4.69, 9.17) is 4.74 Å². The summed E-state index contributed by atoms with van der Waals surface area (Å²) < 4.78 is 5.30. The Kier molecular flexibility index (Phi) is 4.43. The molecule has 0 aliphatic carbocycles. The number of nitrogens with zero attached hydrogens (tertiary/aromatic N) is 1. The molecule has 0 amide bonds. The molecule has 1 unspecified atom stereocenters. The average Bonchev–Trinajstić information content (AvgIpc) is 2.41. The van der Waals surface area contributed by atoms with Crippen LogP contribution in [-0.4, -0.2) is 36.2 Å². The maximum Gasteiger partial charge on any atom is 0.325 e. The molecule has 1 fully saturated rings. The Labute approximate surface area is 114 Å². The Morgan fingerprint density at radius 3 is 2.58 bits per heavy atom. The molecule has 1 aromatic carbocycles. The summed E-state index contributed by atoms with van der Waals surface area (Å²) in [7, 11) is 1.58. The molecule has 4 heteroatoms. The number of hydrogen-bond acceptors (Lipinski definition) is 3. The van der Waals surface area contributed by atoms with Crippen LogP contribution in [0, 0.1) is 5.92 Å². The van der Waals surface area contributed by atoms with Crippen molar-refractivity contribution in [3.63, 3.8) is 0 Å². The molecule has 1 aliphatic rings. The number of carbonyl (C=O) groups is 1. The van der Waals surface area contributed by atoms with Crippen molar-refractivity contribution in [2.75, 3.05) is 20.2 Å². The molecule has 1 heterocycles. The van der Waals surface area contributed by atoms with Crippen LogP contribution in [0.25, 0.3) is 0 Å². The zero-order valence-electron chi connectivity index (χ0n) is 11.5. The van der Waals surface area contributed by atoms with E-state index in [1.54, 1.807) is 7.11 Å². The fourth-order valence-electron chi connectivity index (χ4n) is 2.66. The van der Waals surface area contributed by atoms with Gasteiger partial charge in [0.25, 0.3) is 0 Å². The largest absolute Gasteiger partial charge is 0.496 e. The highest BCUT2D eigenvalue weighted by atomic mass is 16.5. The summed E-state index contributed by atoms with van der Waals surface area (Å²) in [5.41, 5.74) is 0.743. The van der Waals surface area contributed by atoms with Gasteiger partial charge in [-0.25, -0.2) is 0 Å². The van der Waals surface area contributed by atoms with E-state index in [0.29, 0.717) is 11.7 Å². The predicted molar refractivity (Wildman–Crippen MR) is 73.3 cm³/mol. The molecule has 19 heavy (non-hydrogen) atoms. The van der Waals surface area contributed by atoms with Crippen LogP contribution in [0.5, 0.6) is 5.75 Å². The van der Waals surface area contributed by atoms with Crippen molar-refractivity contribution in [2.24, 2.45) is 5.92 Å². The van der Waals surface area contributed by atoms with Gasteiger partial charge in [-0.15, -0.1) is 0 Å². The molecule has 0 aromatic heterocycles. The molecule has 104 valence electrons. The maximum atomic E-state index is 11.7. The fourth-order valence-corrected chi connectivity index (χ4v) is 2.66. The van der Waals surface area contributed by atoms with E-state index in [0.717, 1.165) is 31.5 Å². The summed E-state index contributed by atoms with van der Waals surface area (Å²) in [5.74, 6) is 0.524. The summed E-state index contributed by atoms with van der Waals surface area (Å²) in [6.45, 7) is 3.88. The van der Waals surface area contributed by atoms with E-state index in [1.165, 1.54) is 0 Å². The van der Waals surface area contributed by atoms with Crippen molar-refractivity contribution in [3.8, 4) is 5.75 Å². The molecule has 2 rings (SSSR count). The molecule has 0 saturated carbocycles. The number of piperidine rings is 1. The van der Waals surface area contributed by atoms with Gasteiger partial charge >= 0.3 is 5.97 Å². The van der Waals surface area contributed by atoms with E-state index >= 15 is 0 Å². The second kappa shape index (κ2) is 6.06. The second-order valence-electron chi connectivity index (χ2n) is 5.20. The molecule has 1 aliphatic heterocycles. The number of carboxylic acids is 1. The number of hydrogen-bond donors (Lipinski definition) is 1. The fraction of sp³-hybridized carbons (Fsp3) is 0.533. The Hall–Kier alpha value is -1.55. The van der Waals surface area contributed by atoms with Crippen LogP contribution in [0.2, 0.25) is 0 Å². The molecule has 0 spiro atoms. The monoisotopic (exact) mass is 263 g/mol. The van der Waals surface area contributed by atoms with E-state index in [-0.39, 0.29) is 0 Å². The highest BCUT2D eigenvalue weighted by molar-refractivity contribution is 5.76. The minimum atomic E-state index is -0.806. The van der Waals surface area contributed by atoms with E-state index < -0.39 is 12.0 Å². The standard InChI is InChI=1S/C15H21NO3/c1-11-7-9-16(10-8-11)14(15(17)18)12-5-3-4-6-13(12)19-2/h3-6,11,14H,7-10H2,1-2H3,(H,17,18). The van der Waals surface area contributed by atoms with E-state index in [1.807, 2.05) is 29.2 Å². The van der Waals surface area contributed by atoms with Crippen molar-refractivity contribution in [1.29, 1.82) is 0 Å². The molecule has 1 saturated heterocycles. The Morgan fingerprint density at radius 1 is 1.37 bits per heavy atom. The van der Waals surface area contributed by atoms with Crippen molar-refractivity contribution < 1.29 is 14.6 Å². The summed E-state index contributed by atoms with van der Waals surface area (Å²) in [5, 5.41) is 9.57. The van der Waals surface area contributed by atoms with Crippen LogP contribution < -0.4 is 4.74 Å². The van der Waals surface area contributed by atoms with Crippen molar-refractivity contribution in [1.82, 2.24) is 4.90 Å². The van der Waals surface area contributed by atoms with Gasteiger partial charge in [0.15, 0.2) is 0 Å². The first-order valence-corrected chi connectivity index (χ1v) is 6.73. The topological polar surface area (TPSA) is 49.8 Å². The van der Waals surface area contributed by atoms with Crippen LogP contribution in [-0.2, 0) is 4.79 Å². The minimum absolute atomic E-state index is 0.608. The zero-order chi connectivity index (χ0) is 13.8. The minimum Gasteiger partial charge on any atom is -0.496 e. The van der Waals surface area contributed by atoms with Crippen LogP contribution in [0.4, 0.5) is 0 Å². The maximum absolute atomic E-state index is 11.7. The van der Waals surface area contributed by atoms with Crippen LogP contribution in [0.15, 0.2) is 24.3 Å². The number of likely N-dealkylation sites (tertiary alicyclic amines) is 1. The average molecular weight is 263 g/mol. The van der Waals surface area contributed by atoms with Crippen molar-refractivity contribution in [3.05, 3.63) is 29.8 Å². The Bertz CT molecular complexity index is 439. The number of rotatable bonds is 4. The summed E-state index contributed by atoms with van der Waals surface area (Å²) in [4.78, 5) is 13.7. The lowest BCUT2D eigenvalue weighted by Crippen LogP contribution is -2.39. The van der Waals surface area contributed by atoms with Crippen molar-refractivity contribution in [2.45, 2.75) is 25.8 Å². The number of aliphatic carboxylic acids is 1. The van der Waals surface area contributed by atoms with Gasteiger partial charge in [0, 0.05) is 5.56 Å². The van der Waals surface area contributed by atoms with Gasteiger partial charge in [-0.1, -0.05) is 25.1 Å². The van der Waals surface area contributed by atoms with Gasteiger partial charge in [0.05, 0.1) is 7.11 Å². The summed E-state index contributed by atoms with van der Waals surface area (Å²) in [6.07, 6.45) is 2.11. The molecule has 0 radical (unpaired) electrons. The van der Waals surface area contributed by atoms with Crippen LogP contribution in [0.3, 0.4) is 0 Å². The first-order chi connectivity index (χ1) is 9.13. The first kappa shape index (κ1) is 13.9. The highest BCUT2D eigenvalue weighted by Gasteiger charge is 2.31. The van der Waals surface area contributed by atoms with Gasteiger partial charge in [0.1, 0.15) is 11.8 Å². The number of carboxylic acid groups (broad SMARTS) is 1. The van der Waals surface area contributed by atoms with Crippen LogP contribution >= 0.6 is 0 Å². The molecule has 0 bridgehead atoms. The first-order valence-electron chi connectivity index (χ1n) is 6.73. The normalized spacial score (nSPS) is 19.1. The molecular formula is C15H21NO3. The zero-order valence-corrected chi connectivity index (χ0v) is 11.5. The number of methoxy groups -OCH3 is 1. The smallest absolute Gasteiger partial charge is 0.325 e. The summed E-state index contributed by atoms with van der Waals surface area (Å²) >= 11 is 0. The van der Waals surface area contributed by atoms with Crippen molar-refractivity contribution >= 4 is 5.97 Å². The Balaban J connectivity index is 2.27. The Morgan fingerprint density at radius 2 is 2.00 bits per heavy atom. The van der Waals surface area contributed by atoms with Gasteiger partial charge in [0.2, 0.25) is 0 Å². The number of para-hydroxylation sites is 1. The van der Waals surface area contributed by atoms with E-state index in [2.05, 4.69) is 6.92 Å². The lowest BCUT2D eigenvalue weighted by atomic mass is 9.95. The van der Waals surface area contributed by atoms with Crippen LogP contribution in [0.1, 0.15) is 31.4 Å². The molecule has 1 atom stereocenters. The van der Waals surface area contributed by atoms with Gasteiger partial charge in [-0.05, 0) is 37.9 Å². The quantitative estimate of drug-likeness (QED) is 0.907. The van der Waals surface area contributed by atoms with E-state index in [9.17, 15) is 9.90 Å². The third kappa shape index (κ3) is 3.07. The third-order valence-corrected chi connectivity index (χ3v) is 3.85. The molecular weight excluding hydrogens is 242 g/mol. The number of ether oxygens (including phenoxy) is 1.